The number of rotatable bonds is 0. The van der Waals surface area contributed by atoms with E-state index >= 15 is 0 Å². The van der Waals surface area contributed by atoms with Crippen LogP contribution in [0.3, 0.4) is 0 Å². The SMILES string of the molecule is Cc1cc(O)cc2c1C(=O)O[C@@H](C)[C@H](C)/C=C\C(C)(C)[C@H]1OC(C)(C)O[C@H]1CCC2. The Labute approximate surface area is 180 Å². The van der Waals surface area contributed by atoms with Gasteiger partial charge in [-0.2, -0.15) is 0 Å². The van der Waals surface area contributed by atoms with Gasteiger partial charge in [-0.1, -0.05) is 32.9 Å². The lowest BCUT2D eigenvalue weighted by molar-refractivity contribution is -0.153. The predicted octanol–water partition coefficient (Wildman–Crippen LogP) is 5.32. The Balaban J connectivity index is 1.99. The molecular weight excluding hydrogens is 380 g/mol. The number of carbonyl (C=O) groups excluding carboxylic acids is 1. The molecule has 0 spiro atoms. The van der Waals surface area contributed by atoms with Crippen LogP contribution >= 0.6 is 0 Å². The zero-order valence-corrected chi connectivity index (χ0v) is 19.3. The van der Waals surface area contributed by atoms with Gasteiger partial charge < -0.3 is 19.3 Å². The number of fused-ring (bicyclic) bond motifs is 2. The third kappa shape index (κ3) is 4.89. The molecule has 5 heteroatoms. The van der Waals surface area contributed by atoms with Crippen molar-refractivity contribution >= 4 is 5.97 Å². The number of hydrogen-bond acceptors (Lipinski definition) is 5. The summed E-state index contributed by atoms with van der Waals surface area (Å²) in [4.78, 5) is 13.0. The van der Waals surface area contributed by atoms with Gasteiger partial charge in [0, 0.05) is 11.3 Å². The van der Waals surface area contributed by atoms with E-state index in [9.17, 15) is 9.90 Å². The number of aromatic hydroxyl groups is 1. The Morgan fingerprint density at radius 2 is 1.80 bits per heavy atom. The summed E-state index contributed by atoms with van der Waals surface area (Å²) in [5, 5.41) is 10.1. The van der Waals surface area contributed by atoms with Gasteiger partial charge in [-0.25, -0.2) is 4.79 Å². The molecule has 0 unspecified atom stereocenters. The molecule has 30 heavy (non-hydrogen) atoms. The van der Waals surface area contributed by atoms with Gasteiger partial charge in [-0.15, -0.1) is 0 Å². The van der Waals surface area contributed by atoms with Crippen molar-refractivity contribution in [1.29, 1.82) is 0 Å². The third-order valence-electron chi connectivity index (χ3n) is 6.32. The average Bonchev–Trinajstić information content (AvgIpc) is 2.93. The minimum atomic E-state index is -0.626. The molecule has 1 saturated heterocycles. The van der Waals surface area contributed by atoms with Crippen LogP contribution in [0, 0.1) is 18.3 Å². The van der Waals surface area contributed by atoms with Gasteiger partial charge >= 0.3 is 5.97 Å². The first-order valence-corrected chi connectivity index (χ1v) is 11.0. The topological polar surface area (TPSA) is 65.0 Å². The zero-order chi connectivity index (χ0) is 22.3. The van der Waals surface area contributed by atoms with Gasteiger partial charge in [-0.3, -0.25) is 0 Å². The molecule has 0 aliphatic carbocycles. The van der Waals surface area contributed by atoms with Gasteiger partial charge in [0.05, 0.1) is 17.8 Å². The summed E-state index contributed by atoms with van der Waals surface area (Å²) in [6.45, 7) is 14.1. The molecule has 2 heterocycles. The molecule has 0 aromatic heterocycles. The van der Waals surface area contributed by atoms with Crippen LogP contribution in [0.1, 0.15) is 75.9 Å². The van der Waals surface area contributed by atoms with E-state index < -0.39 is 5.79 Å². The molecule has 0 radical (unpaired) electrons. The highest BCUT2D eigenvalue weighted by molar-refractivity contribution is 5.93. The fourth-order valence-corrected chi connectivity index (χ4v) is 4.49. The van der Waals surface area contributed by atoms with Gasteiger partial charge in [-0.05, 0) is 70.2 Å². The molecule has 0 amide bonds. The Hall–Kier alpha value is -1.85. The largest absolute Gasteiger partial charge is 0.508 e. The minimum Gasteiger partial charge on any atom is -0.508 e. The highest BCUT2D eigenvalue weighted by atomic mass is 16.8. The molecule has 2 aliphatic heterocycles. The summed E-state index contributed by atoms with van der Waals surface area (Å²) in [5.41, 5.74) is 1.89. The summed E-state index contributed by atoms with van der Waals surface area (Å²) >= 11 is 0. The van der Waals surface area contributed by atoms with Crippen LogP contribution in [-0.2, 0) is 20.6 Å². The number of phenols is 1. The minimum absolute atomic E-state index is 0.0378. The monoisotopic (exact) mass is 416 g/mol. The van der Waals surface area contributed by atoms with Crippen molar-refractivity contribution in [2.75, 3.05) is 0 Å². The van der Waals surface area contributed by atoms with Crippen LogP contribution in [0.4, 0.5) is 0 Å². The van der Waals surface area contributed by atoms with Crippen LogP contribution in [0.15, 0.2) is 24.3 Å². The van der Waals surface area contributed by atoms with Crippen LogP contribution in [0.25, 0.3) is 0 Å². The average molecular weight is 417 g/mol. The van der Waals surface area contributed by atoms with E-state index in [0.29, 0.717) is 12.0 Å². The van der Waals surface area contributed by atoms with Gasteiger partial charge in [0.1, 0.15) is 11.9 Å². The van der Waals surface area contributed by atoms with Crippen molar-refractivity contribution in [3.63, 3.8) is 0 Å². The van der Waals surface area contributed by atoms with Crippen molar-refractivity contribution < 1.29 is 24.1 Å². The first-order chi connectivity index (χ1) is 13.9. The fourth-order valence-electron chi connectivity index (χ4n) is 4.49. The maximum absolute atomic E-state index is 13.0. The normalized spacial score (nSPS) is 32.4. The number of ether oxygens (including phenoxy) is 3. The highest BCUT2D eigenvalue weighted by Crippen LogP contribution is 2.41. The maximum atomic E-state index is 13.0. The summed E-state index contributed by atoms with van der Waals surface area (Å²) in [5.74, 6) is -0.735. The Kier molecular flexibility index (Phi) is 6.35. The van der Waals surface area contributed by atoms with Gasteiger partial charge in [0.2, 0.25) is 0 Å². The number of carbonyl (C=O) groups is 1. The number of hydrogen-bond donors (Lipinski definition) is 1. The lowest BCUT2D eigenvalue weighted by atomic mass is 9.80. The van der Waals surface area contributed by atoms with E-state index in [1.165, 1.54) is 0 Å². The van der Waals surface area contributed by atoms with E-state index in [4.69, 9.17) is 14.2 Å². The standard InChI is InChI=1S/C25H36O5/c1-15-11-12-24(4,5)22-20(29-25(6,7)30-22)10-8-9-18-14-19(26)13-16(2)21(18)23(27)28-17(15)3/h11-15,17,20,22,26H,8-10H2,1-7H3/b12-11-/t15-,17+,20+,22+/m1/s1. The molecule has 2 aliphatic rings. The predicted molar refractivity (Wildman–Crippen MR) is 117 cm³/mol. The molecule has 3 rings (SSSR count). The van der Waals surface area contributed by atoms with Gasteiger partial charge in [0.25, 0.3) is 0 Å². The summed E-state index contributed by atoms with van der Waals surface area (Å²) < 4.78 is 18.4. The maximum Gasteiger partial charge on any atom is 0.338 e. The zero-order valence-electron chi connectivity index (χ0n) is 19.3. The van der Waals surface area contributed by atoms with Crippen molar-refractivity contribution in [3.05, 3.63) is 41.0 Å². The molecule has 4 atom stereocenters. The number of benzene rings is 1. The number of aryl methyl sites for hydroxylation is 2. The molecule has 166 valence electrons. The van der Waals surface area contributed by atoms with Crippen LogP contribution < -0.4 is 0 Å². The highest BCUT2D eigenvalue weighted by Gasteiger charge is 2.47. The van der Waals surface area contributed by atoms with Crippen molar-refractivity contribution in [1.82, 2.24) is 0 Å². The first kappa shape index (κ1) is 22.8. The molecule has 5 nitrogen and oxygen atoms in total. The summed E-state index contributed by atoms with van der Waals surface area (Å²) in [6, 6.07) is 3.30. The van der Waals surface area contributed by atoms with Crippen LogP contribution in [0.2, 0.25) is 0 Å². The molecule has 0 bridgehead atoms. The number of phenolic OH excluding ortho intramolecular Hbond substituents is 1. The molecular formula is C25H36O5. The molecule has 1 aromatic carbocycles. The lowest BCUT2D eigenvalue weighted by Crippen LogP contribution is -2.37. The Morgan fingerprint density at radius 3 is 2.50 bits per heavy atom. The summed E-state index contributed by atoms with van der Waals surface area (Å²) in [7, 11) is 0. The molecule has 0 saturated carbocycles. The van der Waals surface area contributed by atoms with Crippen LogP contribution in [0.5, 0.6) is 5.75 Å². The molecule has 1 aromatic rings. The second-order valence-electron chi connectivity index (χ2n) is 9.93. The fraction of sp³-hybridized carbons (Fsp3) is 0.640. The van der Waals surface area contributed by atoms with Crippen molar-refractivity contribution in [2.24, 2.45) is 11.3 Å². The number of esters is 1. The molecule has 1 fully saturated rings. The van der Waals surface area contributed by atoms with Crippen molar-refractivity contribution in [2.45, 2.75) is 91.8 Å². The van der Waals surface area contributed by atoms with Crippen molar-refractivity contribution in [3.8, 4) is 5.75 Å². The van der Waals surface area contributed by atoms with E-state index in [2.05, 4.69) is 32.9 Å². The Bertz CT molecular complexity index is 823. The third-order valence-corrected chi connectivity index (χ3v) is 6.32. The second kappa shape index (κ2) is 8.35. The molecule has 1 N–H and O–H groups in total. The van der Waals surface area contributed by atoms with Gasteiger partial charge in [0.15, 0.2) is 5.79 Å². The van der Waals surface area contributed by atoms with E-state index in [1.807, 2.05) is 27.7 Å². The summed E-state index contributed by atoms with van der Waals surface area (Å²) in [6.07, 6.45) is 6.18. The second-order valence-corrected chi connectivity index (χ2v) is 9.93. The lowest BCUT2D eigenvalue weighted by Gasteiger charge is -2.32. The van der Waals surface area contributed by atoms with Crippen LogP contribution in [-0.4, -0.2) is 35.2 Å². The van der Waals surface area contributed by atoms with E-state index in [0.717, 1.165) is 24.0 Å². The smallest absolute Gasteiger partial charge is 0.338 e. The van der Waals surface area contributed by atoms with E-state index in [1.54, 1.807) is 12.1 Å². The Morgan fingerprint density at radius 1 is 1.10 bits per heavy atom. The number of cyclic esters (lactones) is 1. The first-order valence-electron chi connectivity index (χ1n) is 11.0. The van der Waals surface area contributed by atoms with E-state index in [-0.39, 0.29) is 41.4 Å². The quantitative estimate of drug-likeness (QED) is 0.458.